The maximum atomic E-state index is 11.8. The van der Waals surface area contributed by atoms with Crippen LogP contribution >= 0.6 is 0 Å². The molecule has 36 heavy (non-hydrogen) atoms. The van der Waals surface area contributed by atoms with E-state index in [1.54, 1.807) is 13.3 Å². The van der Waals surface area contributed by atoms with Gasteiger partial charge in [0.25, 0.3) is 0 Å². The van der Waals surface area contributed by atoms with Crippen LogP contribution in [0.15, 0.2) is 29.3 Å². The fraction of sp³-hybridized carbons (Fsp3) is 0.520. The van der Waals surface area contributed by atoms with Crippen LogP contribution in [0.5, 0.6) is 5.75 Å². The van der Waals surface area contributed by atoms with Crippen LogP contribution in [0.2, 0.25) is 0 Å². The molecule has 4 N–H and O–H groups in total. The normalized spacial score (nSPS) is 20.6. The van der Waals surface area contributed by atoms with Crippen LogP contribution in [0, 0.1) is 12.3 Å². The molecule has 1 saturated heterocycles. The number of piperazine rings is 1. The van der Waals surface area contributed by atoms with Gasteiger partial charge in [0.15, 0.2) is 5.82 Å². The van der Waals surface area contributed by atoms with E-state index in [1.807, 2.05) is 31.2 Å². The Morgan fingerprint density at radius 3 is 2.50 bits per heavy atom. The van der Waals surface area contributed by atoms with Gasteiger partial charge in [-0.3, -0.25) is 5.73 Å². The standard InChI is InChI=1S/C25H37N7O3S/c1-17-13-18-15-28-25(26,30-22(18)23(29-17)27-16-24(2,3)4)20-8-7-19(14-21(20)35-5)31-9-11-32(12-10-31)36(6,33)34/h7-8,13-15,30H,9-12,16,26H2,1-6H3,(H,27,29). The van der Waals surface area contributed by atoms with Gasteiger partial charge in [0.2, 0.25) is 15.8 Å². The van der Waals surface area contributed by atoms with Crippen LogP contribution in [0.25, 0.3) is 0 Å². The summed E-state index contributed by atoms with van der Waals surface area (Å²) in [7, 11) is -1.58. The molecule has 0 amide bonds. The third kappa shape index (κ3) is 5.58. The van der Waals surface area contributed by atoms with E-state index in [0.29, 0.717) is 37.5 Å². The Morgan fingerprint density at radius 1 is 1.19 bits per heavy atom. The molecule has 0 radical (unpaired) electrons. The average Bonchev–Trinajstić information content (AvgIpc) is 2.81. The molecule has 2 aromatic rings. The molecule has 0 saturated carbocycles. The number of pyridine rings is 1. The summed E-state index contributed by atoms with van der Waals surface area (Å²) >= 11 is 0. The molecular formula is C25H37N7O3S. The minimum Gasteiger partial charge on any atom is -0.496 e. The van der Waals surface area contributed by atoms with E-state index in [0.717, 1.165) is 35.0 Å². The van der Waals surface area contributed by atoms with Gasteiger partial charge >= 0.3 is 0 Å². The summed E-state index contributed by atoms with van der Waals surface area (Å²) in [5.41, 5.74) is 11.1. The molecule has 1 aromatic carbocycles. The molecule has 3 heterocycles. The number of nitrogens with one attached hydrogen (secondary N) is 2. The van der Waals surface area contributed by atoms with E-state index >= 15 is 0 Å². The Hall–Kier alpha value is -2.89. The van der Waals surface area contributed by atoms with Gasteiger partial charge in [-0.15, -0.1) is 0 Å². The number of rotatable bonds is 6. The zero-order valence-corrected chi connectivity index (χ0v) is 22.7. The van der Waals surface area contributed by atoms with E-state index in [-0.39, 0.29) is 5.41 Å². The predicted molar refractivity (Wildman–Crippen MR) is 146 cm³/mol. The maximum absolute atomic E-state index is 11.8. The van der Waals surface area contributed by atoms with Crippen LogP contribution in [0.4, 0.5) is 17.2 Å². The van der Waals surface area contributed by atoms with Crippen molar-refractivity contribution in [3.05, 3.63) is 41.1 Å². The Morgan fingerprint density at radius 2 is 1.89 bits per heavy atom. The van der Waals surface area contributed by atoms with Gasteiger partial charge in [-0.1, -0.05) is 20.8 Å². The number of aryl methyl sites for hydroxylation is 1. The molecule has 1 atom stereocenters. The number of benzene rings is 1. The molecule has 196 valence electrons. The quantitative estimate of drug-likeness (QED) is 0.536. The van der Waals surface area contributed by atoms with Gasteiger partial charge in [0, 0.05) is 61.9 Å². The molecule has 1 fully saturated rings. The Balaban J connectivity index is 1.61. The number of methoxy groups -OCH3 is 1. The van der Waals surface area contributed by atoms with Crippen LogP contribution in [-0.4, -0.2) is 70.0 Å². The number of hydrogen-bond donors (Lipinski definition) is 3. The molecule has 0 aliphatic carbocycles. The summed E-state index contributed by atoms with van der Waals surface area (Å²) in [5, 5.41) is 6.87. The van der Waals surface area contributed by atoms with Crippen LogP contribution < -0.4 is 26.0 Å². The van der Waals surface area contributed by atoms with Crippen molar-refractivity contribution >= 4 is 33.4 Å². The minimum absolute atomic E-state index is 0.0761. The summed E-state index contributed by atoms with van der Waals surface area (Å²) in [6.07, 6.45) is 3.03. The van der Waals surface area contributed by atoms with Gasteiger partial charge in [-0.2, -0.15) is 4.31 Å². The number of fused-ring (bicyclic) bond motifs is 1. The molecule has 1 unspecified atom stereocenters. The SMILES string of the molecule is COc1cc(N2CCN(S(C)(=O)=O)CC2)ccc1C1(N)N=Cc2cc(C)nc(NCC(C)(C)C)c2N1. The number of aromatic nitrogens is 1. The lowest BCUT2D eigenvalue weighted by Gasteiger charge is -2.36. The second-order valence-electron chi connectivity index (χ2n) is 10.7. The van der Waals surface area contributed by atoms with Crippen molar-refractivity contribution in [2.45, 2.75) is 33.5 Å². The molecular weight excluding hydrogens is 478 g/mol. The third-order valence-electron chi connectivity index (χ3n) is 6.36. The number of anilines is 3. The summed E-state index contributed by atoms with van der Waals surface area (Å²) in [5.74, 6) is 0.0826. The lowest BCUT2D eigenvalue weighted by Crippen LogP contribution is -2.48. The van der Waals surface area contributed by atoms with E-state index < -0.39 is 15.8 Å². The van der Waals surface area contributed by atoms with Crippen molar-refractivity contribution in [2.24, 2.45) is 16.1 Å². The molecule has 10 nitrogen and oxygen atoms in total. The lowest BCUT2D eigenvalue weighted by molar-refractivity contribution is 0.384. The van der Waals surface area contributed by atoms with E-state index in [4.69, 9.17) is 15.5 Å². The smallest absolute Gasteiger partial charge is 0.212 e. The fourth-order valence-corrected chi connectivity index (χ4v) is 5.24. The van der Waals surface area contributed by atoms with Gasteiger partial charge in [-0.05, 0) is 30.5 Å². The van der Waals surface area contributed by atoms with E-state index in [2.05, 4.69) is 41.3 Å². The Bertz CT molecular complexity index is 1270. The van der Waals surface area contributed by atoms with Crippen molar-refractivity contribution in [3.63, 3.8) is 0 Å². The largest absolute Gasteiger partial charge is 0.496 e. The zero-order chi connectivity index (χ0) is 26.3. The van der Waals surface area contributed by atoms with Crippen molar-refractivity contribution < 1.29 is 13.2 Å². The molecule has 0 bridgehead atoms. The summed E-state index contributed by atoms with van der Waals surface area (Å²) in [4.78, 5) is 11.5. The fourth-order valence-electron chi connectivity index (χ4n) is 4.41. The van der Waals surface area contributed by atoms with Crippen LogP contribution in [-0.2, 0) is 15.8 Å². The van der Waals surface area contributed by atoms with Gasteiger partial charge in [0.1, 0.15) is 5.75 Å². The number of nitrogens with two attached hydrogens (primary N) is 1. The van der Waals surface area contributed by atoms with Crippen molar-refractivity contribution in [1.29, 1.82) is 0 Å². The monoisotopic (exact) mass is 515 g/mol. The number of ether oxygens (including phenoxy) is 1. The summed E-state index contributed by atoms with van der Waals surface area (Å²) < 4.78 is 30.9. The molecule has 1 aromatic heterocycles. The van der Waals surface area contributed by atoms with Crippen LogP contribution in [0.3, 0.4) is 0 Å². The van der Waals surface area contributed by atoms with Gasteiger partial charge in [-0.25, -0.2) is 18.4 Å². The van der Waals surface area contributed by atoms with Crippen molar-refractivity contribution in [3.8, 4) is 5.75 Å². The zero-order valence-electron chi connectivity index (χ0n) is 21.9. The highest BCUT2D eigenvalue weighted by molar-refractivity contribution is 7.88. The topological polar surface area (TPSA) is 125 Å². The average molecular weight is 516 g/mol. The Kier molecular flexibility index (Phi) is 6.93. The number of hydrogen-bond acceptors (Lipinski definition) is 9. The second-order valence-corrected chi connectivity index (χ2v) is 12.7. The van der Waals surface area contributed by atoms with E-state index in [1.165, 1.54) is 10.6 Å². The molecule has 4 rings (SSSR count). The first-order valence-electron chi connectivity index (χ1n) is 12.1. The summed E-state index contributed by atoms with van der Waals surface area (Å²) in [6.45, 7) is 11.3. The third-order valence-corrected chi connectivity index (χ3v) is 7.66. The second kappa shape index (κ2) is 9.53. The Labute approximate surface area is 214 Å². The minimum atomic E-state index is -3.19. The summed E-state index contributed by atoms with van der Waals surface area (Å²) in [6, 6.07) is 7.79. The molecule has 2 aliphatic rings. The predicted octanol–water partition coefficient (Wildman–Crippen LogP) is 2.55. The highest BCUT2D eigenvalue weighted by atomic mass is 32.2. The first kappa shape index (κ1) is 26.2. The van der Waals surface area contributed by atoms with Crippen molar-refractivity contribution in [1.82, 2.24) is 9.29 Å². The number of aliphatic imine (C=N–C) groups is 1. The number of nitrogens with zero attached hydrogens (tertiary/aromatic N) is 4. The van der Waals surface area contributed by atoms with E-state index in [9.17, 15) is 8.42 Å². The highest BCUT2D eigenvalue weighted by Gasteiger charge is 2.35. The van der Waals surface area contributed by atoms with Crippen molar-refractivity contribution in [2.75, 3.05) is 61.6 Å². The molecule has 2 aliphatic heterocycles. The first-order chi connectivity index (χ1) is 16.8. The molecule has 11 heteroatoms. The number of sulfonamides is 1. The maximum Gasteiger partial charge on any atom is 0.212 e. The highest BCUT2D eigenvalue weighted by Crippen LogP contribution is 2.39. The first-order valence-corrected chi connectivity index (χ1v) is 13.9. The van der Waals surface area contributed by atoms with Gasteiger partial charge < -0.3 is 20.3 Å². The molecule has 0 spiro atoms. The van der Waals surface area contributed by atoms with Crippen LogP contribution in [0.1, 0.15) is 37.6 Å². The lowest BCUT2D eigenvalue weighted by atomic mass is 9.97. The van der Waals surface area contributed by atoms with Gasteiger partial charge in [0.05, 0.1) is 24.6 Å².